The average molecular weight is 246 g/mol. The Morgan fingerprint density at radius 2 is 1.94 bits per heavy atom. The number of rotatable bonds is 4. The molecule has 0 aliphatic carbocycles. The minimum Gasteiger partial charge on any atom is -0.465 e. The minimum atomic E-state index is -0.981. The summed E-state index contributed by atoms with van der Waals surface area (Å²) in [5.74, 6) is 0.118. The van der Waals surface area contributed by atoms with E-state index in [2.05, 4.69) is 0 Å². The van der Waals surface area contributed by atoms with Gasteiger partial charge in [-0.1, -0.05) is 32.5 Å². The molecule has 0 saturated heterocycles. The molecule has 16 heavy (non-hydrogen) atoms. The van der Waals surface area contributed by atoms with E-state index >= 15 is 0 Å². The van der Waals surface area contributed by atoms with Gasteiger partial charge in [0.1, 0.15) is 0 Å². The Morgan fingerprint density at radius 1 is 1.50 bits per heavy atom. The first-order chi connectivity index (χ1) is 7.12. The van der Waals surface area contributed by atoms with E-state index in [1.807, 2.05) is 34.6 Å². The summed E-state index contributed by atoms with van der Waals surface area (Å²) in [6.45, 7) is 9.49. The zero-order valence-electron chi connectivity index (χ0n) is 10.7. The maximum Gasteiger partial charge on any atom is 0.408 e. The molecule has 3 N–H and O–H groups in total. The van der Waals surface area contributed by atoms with Crippen molar-refractivity contribution in [2.75, 3.05) is 0 Å². The second-order valence-electron chi connectivity index (χ2n) is 5.06. The van der Waals surface area contributed by atoms with Crippen LogP contribution in [0.1, 0.15) is 41.0 Å². The summed E-state index contributed by atoms with van der Waals surface area (Å²) in [5, 5.41) is 9.28. The van der Waals surface area contributed by atoms with Crippen LogP contribution in [0.25, 0.3) is 0 Å². The quantitative estimate of drug-likeness (QED) is 0.748. The molecule has 0 aliphatic heterocycles. The van der Waals surface area contributed by atoms with Crippen molar-refractivity contribution in [2.24, 2.45) is 11.7 Å². The van der Waals surface area contributed by atoms with Crippen LogP contribution in [0.5, 0.6) is 0 Å². The fourth-order valence-electron chi connectivity index (χ4n) is 1.71. The zero-order chi connectivity index (χ0) is 13.1. The van der Waals surface area contributed by atoms with E-state index in [-0.39, 0.29) is 10.9 Å². The molecule has 0 aromatic rings. The third-order valence-corrected chi connectivity index (χ3v) is 2.92. The molecule has 5 heteroatoms. The van der Waals surface area contributed by atoms with Gasteiger partial charge >= 0.3 is 6.09 Å². The van der Waals surface area contributed by atoms with Crippen molar-refractivity contribution in [3.05, 3.63) is 0 Å². The van der Waals surface area contributed by atoms with Gasteiger partial charge in [0.15, 0.2) is 0 Å². The van der Waals surface area contributed by atoms with Crippen LogP contribution < -0.4 is 5.73 Å². The van der Waals surface area contributed by atoms with Crippen molar-refractivity contribution >= 4 is 23.3 Å². The second kappa shape index (κ2) is 5.48. The van der Waals surface area contributed by atoms with Crippen molar-refractivity contribution in [1.29, 1.82) is 0 Å². The highest BCUT2D eigenvalue weighted by molar-refractivity contribution is 7.80. The van der Waals surface area contributed by atoms with E-state index in [9.17, 15) is 9.90 Å². The largest absolute Gasteiger partial charge is 0.465 e. The van der Waals surface area contributed by atoms with E-state index in [0.29, 0.717) is 0 Å². The van der Waals surface area contributed by atoms with Crippen molar-refractivity contribution in [3.63, 3.8) is 0 Å². The van der Waals surface area contributed by atoms with E-state index in [0.717, 1.165) is 6.42 Å². The lowest BCUT2D eigenvalue weighted by Crippen LogP contribution is -2.57. The molecular weight excluding hydrogens is 224 g/mol. The lowest BCUT2D eigenvalue weighted by atomic mass is 9.93. The molecule has 0 spiro atoms. The maximum atomic E-state index is 11.3. The van der Waals surface area contributed by atoms with Gasteiger partial charge in [0.2, 0.25) is 0 Å². The average Bonchev–Trinajstić information content (AvgIpc) is 2.09. The molecule has 0 rings (SSSR count). The Labute approximate surface area is 103 Å². The molecule has 0 aromatic heterocycles. The van der Waals surface area contributed by atoms with E-state index < -0.39 is 17.7 Å². The number of carbonyl (C=O) groups is 1. The summed E-state index contributed by atoms with van der Waals surface area (Å²) in [7, 11) is 0. The van der Waals surface area contributed by atoms with Gasteiger partial charge in [-0.05, 0) is 26.7 Å². The molecule has 0 fully saturated rings. The van der Waals surface area contributed by atoms with Crippen molar-refractivity contribution < 1.29 is 9.90 Å². The number of nitrogens with zero attached hydrogens (tertiary/aromatic N) is 1. The van der Waals surface area contributed by atoms with Crippen molar-refractivity contribution in [2.45, 2.75) is 52.6 Å². The molecule has 2 unspecified atom stereocenters. The summed E-state index contributed by atoms with van der Waals surface area (Å²) in [4.78, 5) is 12.9. The van der Waals surface area contributed by atoms with Gasteiger partial charge in [0.25, 0.3) is 0 Å². The molecular formula is C11H22N2O2S. The summed E-state index contributed by atoms with van der Waals surface area (Å²) in [6, 6.07) is -0.405. The van der Waals surface area contributed by atoms with E-state index in [4.69, 9.17) is 18.0 Å². The molecule has 1 amide bonds. The van der Waals surface area contributed by atoms with Gasteiger partial charge in [0, 0.05) is 5.54 Å². The number of nitrogens with two attached hydrogens (primary N) is 1. The first-order valence-corrected chi connectivity index (χ1v) is 5.85. The Bertz CT molecular complexity index is 274. The molecule has 0 saturated carbocycles. The molecule has 4 nitrogen and oxygen atoms in total. The molecule has 0 aromatic carbocycles. The van der Waals surface area contributed by atoms with Gasteiger partial charge in [-0.15, -0.1) is 0 Å². The Hall–Kier alpha value is -0.840. The topological polar surface area (TPSA) is 66.6 Å². The van der Waals surface area contributed by atoms with Gasteiger partial charge in [-0.3, -0.25) is 4.90 Å². The summed E-state index contributed by atoms with van der Waals surface area (Å²) in [5.41, 5.74) is 5.16. The number of hydrogen-bond donors (Lipinski definition) is 2. The number of hydrogen-bond acceptors (Lipinski definition) is 2. The summed E-state index contributed by atoms with van der Waals surface area (Å²) >= 11 is 5.00. The molecule has 2 atom stereocenters. The second-order valence-corrected chi connectivity index (χ2v) is 5.53. The Morgan fingerprint density at radius 3 is 2.12 bits per heavy atom. The highest BCUT2D eigenvalue weighted by Crippen LogP contribution is 2.24. The molecule has 0 bridgehead atoms. The lowest BCUT2D eigenvalue weighted by Gasteiger charge is -2.41. The molecule has 0 aliphatic rings. The van der Waals surface area contributed by atoms with Crippen LogP contribution in [0.2, 0.25) is 0 Å². The van der Waals surface area contributed by atoms with Gasteiger partial charge < -0.3 is 10.8 Å². The summed E-state index contributed by atoms with van der Waals surface area (Å²) < 4.78 is 0. The van der Waals surface area contributed by atoms with Gasteiger partial charge in [0.05, 0.1) is 11.0 Å². The maximum absolute atomic E-state index is 11.3. The smallest absolute Gasteiger partial charge is 0.408 e. The monoisotopic (exact) mass is 246 g/mol. The van der Waals surface area contributed by atoms with Crippen molar-refractivity contribution in [3.8, 4) is 0 Å². The van der Waals surface area contributed by atoms with Crippen LogP contribution in [0.3, 0.4) is 0 Å². The SMILES string of the molecule is CCC(C)C(C(N)=S)N(C(=O)O)C(C)(C)C. The van der Waals surface area contributed by atoms with Crippen LogP contribution in [-0.2, 0) is 0 Å². The third kappa shape index (κ3) is 3.63. The highest BCUT2D eigenvalue weighted by atomic mass is 32.1. The van der Waals surface area contributed by atoms with Crippen LogP contribution >= 0.6 is 12.2 Å². The standard InChI is InChI=1S/C11H22N2O2S/c1-6-7(2)8(9(12)16)13(10(14)15)11(3,4)5/h7-8H,6H2,1-5H3,(H2,12,16)(H,14,15). The van der Waals surface area contributed by atoms with E-state index in [1.165, 1.54) is 4.90 Å². The van der Waals surface area contributed by atoms with Crippen LogP contribution in [-0.4, -0.2) is 32.7 Å². The molecule has 0 radical (unpaired) electrons. The first-order valence-electron chi connectivity index (χ1n) is 5.44. The Balaban J connectivity index is 5.28. The van der Waals surface area contributed by atoms with E-state index in [1.54, 1.807) is 0 Å². The molecule has 0 heterocycles. The van der Waals surface area contributed by atoms with Gasteiger partial charge in [-0.25, -0.2) is 4.79 Å². The predicted octanol–water partition coefficient (Wildman–Crippen LogP) is 2.47. The minimum absolute atomic E-state index is 0.118. The fourth-order valence-corrected chi connectivity index (χ4v) is 2.05. The normalized spacial score (nSPS) is 15.3. The molecule has 94 valence electrons. The third-order valence-electron chi connectivity index (χ3n) is 2.68. The highest BCUT2D eigenvalue weighted by Gasteiger charge is 2.37. The number of thiocarbonyl (C=S) groups is 1. The van der Waals surface area contributed by atoms with Crippen molar-refractivity contribution in [1.82, 2.24) is 4.90 Å². The predicted molar refractivity (Wildman–Crippen MR) is 69.6 cm³/mol. The number of amides is 1. The Kier molecular flexibility index (Phi) is 5.19. The van der Waals surface area contributed by atoms with Crippen LogP contribution in [0, 0.1) is 5.92 Å². The van der Waals surface area contributed by atoms with Crippen LogP contribution in [0.4, 0.5) is 4.79 Å². The van der Waals surface area contributed by atoms with Gasteiger partial charge in [-0.2, -0.15) is 0 Å². The zero-order valence-corrected chi connectivity index (χ0v) is 11.5. The number of carboxylic acid groups (broad SMARTS) is 1. The lowest BCUT2D eigenvalue weighted by molar-refractivity contribution is 0.0735. The first kappa shape index (κ1) is 15.2. The fraction of sp³-hybridized carbons (Fsp3) is 0.818. The van der Waals surface area contributed by atoms with Crippen LogP contribution in [0.15, 0.2) is 0 Å². The summed E-state index contributed by atoms with van der Waals surface area (Å²) in [6.07, 6.45) is -0.146.